The number of nitrogens with one attached hydrogen (secondary N) is 1. The summed E-state index contributed by atoms with van der Waals surface area (Å²) in [5.41, 5.74) is 1.10. The van der Waals surface area contributed by atoms with Gasteiger partial charge in [-0.25, -0.2) is 4.39 Å². The van der Waals surface area contributed by atoms with Crippen molar-refractivity contribution in [1.29, 1.82) is 0 Å². The van der Waals surface area contributed by atoms with Crippen LogP contribution in [0.4, 0.5) is 4.39 Å². The molecule has 21 heavy (non-hydrogen) atoms. The van der Waals surface area contributed by atoms with Crippen LogP contribution in [0.2, 0.25) is 0 Å². The van der Waals surface area contributed by atoms with E-state index in [0.29, 0.717) is 5.75 Å². The number of ether oxygens (including phenoxy) is 1. The average molecular weight is 289 g/mol. The summed E-state index contributed by atoms with van der Waals surface area (Å²) in [6.07, 6.45) is 0. The summed E-state index contributed by atoms with van der Waals surface area (Å²) in [7, 11) is 0. The second-order valence-electron chi connectivity index (χ2n) is 4.58. The van der Waals surface area contributed by atoms with Gasteiger partial charge in [-0.3, -0.25) is 4.79 Å². The van der Waals surface area contributed by atoms with Crippen molar-refractivity contribution in [2.45, 2.75) is 6.92 Å². The third kappa shape index (κ3) is 4.21. The summed E-state index contributed by atoms with van der Waals surface area (Å²) in [4.78, 5) is 11.9. The van der Waals surface area contributed by atoms with Gasteiger partial charge in [0, 0.05) is 0 Å². The van der Waals surface area contributed by atoms with E-state index in [0.717, 1.165) is 5.56 Å². The highest BCUT2D eigenvalue weighted by Gasteiger charge is 2.10. The van der Waals surface area contributed by atoms with Crippen molar-refractivity contribution in [3.63, 3.8) is 0 Å². The molecule has 0 radical (unpaired) electrons. The number of hydrogen-bond donors (Lipinski definition) is 2. The molecule has 2 aromatic carbocycles. The molecule has 0 bridgehead atoms. The van der Waals surface area contributed by atoms with E-state index in [1.54, 1.807) is 12.1 Å². The number of benzene rings is 2. The Balaban J connectivity index is 1.80. The van der Waals surface area contributed by atoms with Crippen LogP contribution in [0, 0.1) is 12.7 Å². The average Bonchev–Trinajstić information content (AvgIpc) is 2.45. The van der Waals surface area contributed by atoms with E-state index in [-0.39, 0.29) is 36.2 Å². The maximum atomic E-state index is 12.7. The molecule has 2 rings (SSSR count). The summed E-state index contributed by atoms with van der Waals surface area (Å²) in [5, 5.41) is 12.3. The highest BCUT2D eigenvalue weighted by atomic mass is 19.1. The van der Waals surface area contributed by atoms with E-state index < -0.39 is 0 Å². The highest BCUT2D eigenvalue weighted by molar-refractivity contribution is 5.96. The van der Waals surface area contributed by atoms with Gasteiger partial charge in [-0.2, -0.15) is 0 Å². The third-order valence-corrected chi connectivity index (χ3v) is 2.87. The first kappa shape index (κ1) is 14.8. The summed E-state index contributed by atoms with van der Waals surface area (Å²) in [6.45, 7) is 2.37. The van der Waals surface area contributed by atoms with E-state index in [1.165, 1.54) is 30.3 Å². The smallest absolute Gasteiger partial charge is 0.255 e. The lowest BCUT2D eigenvalue weighted by atomic mass is 10.1. The van der Waals surface area contributed by atoms with Crippen LogP contribution in [0.5, 0.6) is 11.5 Å². The Bertz CT molecular complexity index is 626. The second-order valence-corrected chi connectivity index (χ2v) is 4.58. The molecule has 0 unspecified atom stereocenters. The molecule has 2 N–H and O–H groups in total. The van der Waals surface area contributed by atoms with Gasteiger partial charge in [-0.15, -0.1) is 0 Å². The number of amides is 1. The molecule has 5 heteroatoms. The largest absolute Gasteiger partial charge is 0.507 e. The number of carbonyl (C=O) groups excluding carboxylic acids is 1. The standard InChI is InChI=1S/C16H16FNO3/c1-11-2-7-14(15(19)10-11)16(20)18-8-9-21-13-5-3-12(17)4-6-13/h2-7,10,19H,8-9H2,1H3,(H,18,20). The third-order valence-electron chi connectivity index (χ3n) is 2.87. The molecule has 110 valence electrons. The topological polar surface area (TPSA) is 58.6 Å². The van der Waals surface area contributed by atoms with E-state index in [9.17, 15) is 14.3 Å². The second kappa shape index (κ2) is 6.74. The maximum absolute atomic E-state index is 12.7. The van der Waals surface area contributed by atoms with E-state index in [1.807, 2.05) is 6.92 Å². The SMILES string of the molecule is Cc1ccc(C(=O)NCCOc2ccc(F)cc2)c(O)c1. The van der Waals surface area contributed by atoms with Gasteiger partial charge in [0.05, 0.1) is 12.1 Å². The molecule has 0 spiro atoms. The molecule has 0 saturated carbocycles. The van der Waals surface area contributed by atoms with Gasteiger partial charge in [-0.05, 0) is 48.9 Å². The fourth-order valence-corrected chi connectivity index (χ4v) is 1.79. The van der Waals surface area contributed by atoms with Gasteiger partial charge < -0.3 is 15.2 Å². The lowest BCUT2D eigenvalue weighted by Crippen LogP contribution is -2.28. The van der Waals surface area contributed by atoms with Crippen LogP contribution in [0.25, 0.3) is 0 Å². The van der Waals surface area contributed by atoms with Crippen LogP contribution in [0.1, 0.15) is 15.9 Å². The van der Waals surface area contributed by atoms with Crippen molar-refractivity contribution in [2.24, 2.45) is 0 Å². The number of aromatic hydroxyl groups is 1. The molecule has 0 saturated heterocycles. The molecular formula is C16H16FNO3. The van der Waals surface area contributed by atoms with Crippen LogP contribution in [-0.4, -0.2) is 24.2 Å². The monoisotopic (exact) mass is 289 g/mol. The van der Waals surface area contributed by atoms with Crippen molar-refractivity contribution in [1.82, 2.24) is 5.32 Å². The van der Waals surface area contributed by atoms with E-state index >= 15 is 0 Å². The Hall–Kier alpha value is -2.56. The van der Waals surface area contributed by atoms with Gasteiger partial charge in [0.1, 0.15) is 23.9 Å². The number of phenols is 1. The number of phenolic OH excluding ortho intramolecular Hbond substituents is 1. The van der Waals surface area contributed by atoms with Crippen LogP contribution >= 0.6 is 0 Å². The van der Waals surface area contributed by atoms with Gasteiger partial charge in [0.25, 0.3) is 5.91 Å². The zero-order chi connectivity index (χ0) is 15.2. The quantitative estimate of drug-likeness (QED) is 0.832. The summed E-state index contributed by atoms with van der Waals surface area (Å²) < 4.78 is 18.1. The molecule has 0 fully saturated rings. The Morgan fingerprint density at radius 2 is 1.95 bits per heavy atom. The number of aryl methyl sites for hydroxylation is 1. The fraction of sp³-hybridized carbons (Fsp3) is 0.188. The summed E-state index contributed by atoms with van der Waals surface area (Å²) in [6, 6.07) is 10.5. The number of hydrogen-bond acceptors (Lipinski definition) is 3. The van der Waals surface area contributed by atoms with Crippen molar-refractivity contribution in [3.8, 4) is 11.5 Å². The number of halogens is 1. The van der Waals surface area contributed by atoms with Crippen molar-refractivity contribution in [2.75, 3.05) is 13.2 Å². The van der Waals surface area contributed by atoms with Crippen LogP contribution < -0.4 is 10.1 Å². The van der Waals surface area contributed by atoms with Crippen molar-refractivity contribution >= 4 is 5.91 Å². The summed E-state index contributed by atoms with van der Waals surface area (Å²) >= 11 is 0. The molecule has 0 aliphatic rings. The Morgan fingerprint density at radius 1 is 1.24 bits per heavy atom. The normalized spacial score (nSPS) is 10.2. The van der Waals surface area contributed by atoms with Gasteiger partial charge >= 0.3 is 0 Å². The molecule has 0 heterocycles. The van der Waals surface area contributed by atoms with Gasteiger partial charge in [-0.1, -0.05) is 6.07 Å². The van der Waals surface area contributed by atoms with Gasteiger partial charge in [0.2, 0.25) is 0 Å². The first-order chi connectivity index (χ1) is 10.1. The molecule has 0 aliphatic heterocycles. The predicted molar refractivity (Wildman–Crippen MR) is 77.1 cm³/mol. The zero-order valence-electron chi connectivity index (χ0n) is 11.6. The molecule has 2 aromatic rings. The maximum Gasteiger partial charge on any atom is 0.255 e. The molecule has 0 atom stereocenters. The minimum absolute atomic E-state index is 0.0491. The fourth-order valence-electron chi connectivity index (χ4n) is 1.79. The minimum Gasteiger partial charge on any atom is -0.507 e. The van der Waals surface area contributed by atoms with E-state index in [2.05, 4.69) is 5.32 Å². The summed E-state index contributed by atoms with van der Waals surface area (Å²) in [5.74, 6) is -0.212. The lowest BCUT2D eigenvalue weighted by molar-refractivity contribution is 0.0944. The van der Waals surface area contributed by atoms with Crippen LogP contribution in [0.15, 0.2) is 42.5 Å². The van der Waals surface area contributed by atoms with Gasteiger partial charge in [0.15, 0.2) is 0 Å². The lowest BCUT2D eigenvalue weighted by Gasteiger charge is -2.09. The number of carbonyl (C=O) groups is 1. The highest BCUT2D eigenvalue weighted by Crippen LogP contribution is 2.18. The molecular weight excluding hydrogens is 273 g/mol. The van der Waals surface area contributed by atoms with Crippen molar-refractivity contribution in [3.05, 3.63) is 59.4 Å². The van der Waals surface area contributed by atoms with E-state index in [4.69, 9.17) is 4.74 Å². The molecule has 4 nitrogen and oxygen atoms in total. The predicted octanol–water partition coefficient (Wildman–Crippen LogP) is 2.65. The molecule has 1 amide bonds. The number of rotatable bonds is 5. The van der Waals surface area contributed by atoms with Crippen LogP contribution in [0.3, 0.4) is 0 Å². The molecule has 0 aromatic heterocycles. The Labute approximate surface area is 122 Å². The Morgan fingerprint density at radius 3 is 2.62 bits per heavy atom. The first-order valence-electron chi connectivity index (χ1n) is 6.52. The van der Waals surface area contributed by atoms with Crippen molar-refractivity contribution < 1.29 is 19.0 Å². The first-order valence-corrected chi connectivity index (χ1v) is 6.52. The zero-order valence-corrected chi connectivity index (χ0v) is 11.6. The molecule has 0 aliphatic carbocycles. The minimum atomic E-state index is -0.366. The Kier molecular flexibility index (Phi) is 4.77. The van der Waals surface area contributed by atoms with Crippen LogP contribution in [-0.2, 0) is 0 Å².